The number of hydrogen-bond acceptors (Lipinski definition) is 6. The van der Waals surface area contributed by atoms with Crippen molar-refractivity contribution < 1.29 is 9.47 Å². The zero-order valence-electron chi connectivity index (χ0n) is 15.2. The van der Waals surface area contributed by atoms with Gasteiger partial charge in [-0.05, 0) is 55.8 Å². The van der Waals surface area contributed by atoms with Gasteiger partial charge in [-0.3, -0.25) is 4.98 Å². The molecule has 0 aliphatic rings. The van der Waals surface area contributed by atoms with Gasteiger partial charge in [-0.15, -0.1) is 0 Å². The zero-order chi connectivity index (χ0) is 18.6. The normalized spacial score (nSPS) is 10.9. The topological polar surface area (TPSA) is 57.1 Å². The average molecular weight is 377 g/mol. The van der Waals surface area contributed by atoms with Crippen LogP contribution in [0.25, 0.3) is 33.4 Å². The van der Waals surface area contributed by atoms with Crippen LogP contribution in [0, 0.1) is 0 Å². The van der Waals surface area contributed by atoms with Crippen molar-refractivity contribution >= 4 is 22.8 Å². The van der Waals surface area contributed by atoms with E-state index in [9.17, 15) is 0 Å². The van der Waals surface area contributed by atoms with Crippen LogP contribution in [-0.2, 0) is 0 Å². The fourth-order valence-electron chi connectivity index (χ4n) is 2.97. The van der Waals surface area contributed by atoms with E-state index in [0.29, 0.717) is 13.2 Å². The molecule has 0 aliphatic heterocycles. The van der Waals surface area contributed by atoms with Crippen molar-refractivity contribution in [3.8, 4) is 33.9 Å². The van der Waals surface area contributed by atoms with E-state index in [2.05, 4.69) is 8.75 Å². The number of hydrogen-bond donors (Lipinski definition) is 0. The Bertz CT molecular complexity index is 960. The predicted octanol–water partition coefficient (Wildman–Crippen LogP) is 5.22. The van der Waals surface area contributed by atoms with Crippen LogP contribution in [0.1, 0.15) is 13.8 Å². The van der Waals surface area contributed by atoms with Crippen molar-refractivity contribution in [3.05, 3.63) is 54.7 Å². The molecule has 0 amide bonds. The monoisotopic (exact) mass is 377 g/mol. The number of fused-ring (bicyclic) bond motifs is 1. The summed E-state index contributed by atoms with van der Waals surface area (Å²) < 4.78 is 20.1. The highest BCUT2D eigenvalue weighted by Crippen LogP contribution is 2.33. The predicted molar refractivity (Wildman–Crippen MR) is 108 cm³/mol. The van der Waals surface area contributed by atoms with Gasteiger partial charge in [-0.25, -0.2) is 0 Å². The molecule has 0 N–H and O–H groups in total. The molecule has 2 heterocycles. The van der Waals surface area contributed by atoms with Gasteiger partial charge in [0, 0.05) is 17.3 Å². The zero-order valence-corrected chi connectivity index (χ0v) is 16.0. The van der Waals surface area contributed by atoms with E-state index in [1.807, 2.05) is 68.6 Å². The Morgan fingerprint density at radius 3 is 1.89 bits per heavy atom. The van der Waals surface area contributed by atoms with Gasteiger partial charge in [0.15, 0.2) is 0 Å². The lowest BCUT2D eigenvalue weighted by molar-refractivity contribution is 0.340. The maximum Gasteiger partial charge on any atom is 0.131 e. The molecule has 2 aromatic heterocycles. The molecular formula is C21H19N3O2S. The molecule has 0 bridgehead atoms. The first-order valence-corrected chi connectivity index (χ1v) is 9.61. The third-order valence-electron chi connectivity index (χ3n) is 4.21. The first-order valence-electron chi connectivity index (χ1n) is 8.88. The molecule has 0 aliphatic carbocycles. The van der Waals surface area contributed by atoms with Crippen LogP contribution in [0.15, 0.2) is 54.7 Å². The Hall–Kier alpha value is -2.99. The van der Waals surface area contributed by atoms with Gasteiger partial charge in [0.05, 0.1) is 30.6 Å². The van der Waals surface area contributed by atoms with Crippen LogP contribution in [0.5, 0.6) is 11.5 Å². The van der Waals surface area contributed by atoms with Crippen LogP contribution >= 0.6 is 11.7 Å². The van der Waals surface area contributed by atoms with E-state index in [1.165, 1.54) is 11.7 Å². The third-order valence-corrected chi connectivity index (χ3v) is 4.73. The third kappa shape index (κ3) is 3.48. The molecule has 5 nitrogen and oxygen atoms in total. The lowest BCUT2D eigenvalue weighted by Gasteiger charge is -2.08. The minimum absolute atomic E-state index is 0.647. The standard InChI is InChI=1S/C21H19N3O2S/c1-3-25-16-9-5-14(6-10-16)18-13-22-19(21-20(18)23-27-24-21)15-7-11-17(12-8-15)26-4-2/h5-13H,3-4H2,1-2H3. The van der Waals surface area contributed by atoms with Crippen molar-refractivity contribution in [2.24, 2.45) is 0 Å². The van der Waals surface area contributed by atoms with Gasteiger partial charge < -0.3 is 9.47 Å². The van der Waals surface area contributed by atoms with Crippen molar-refractivity contribution in [3.63, 3.8) is 0 Å². The quantitative estimate of drug-likeness (QED) is 0.461. The molecule has 0 saturated heterocycles. The van der Waals surface area contributed by atoms with Crippen LogP contribution in [0.3, 0.4) is 0 Å². The van der Waals surface area contributed by atoms with Gasteiger partial charge in [0.2, 0.25) is 0 Å². The van der Waals surface area contributed by atoms with E-state index in [1.54, 1.807) is 0 Å². The summed E-state index contributed by atoms with van der Waals surface area (Å²) in [6, 6.07) is 15.9. The van der Waals surface area contributed by atoms with E-state index in [4.69, 9.17) is 14.5 Å². The molecule has 4 aromatic rings. The second-order valence-electron chi connectivity index (χ2n) is 5.90. The number of ether oxygens (including phenoxy) is 2. The van der Waals surface area contributed by atoms with Gasteiger partial charge in [0.1, 0.15) is 22.5 Å². The largest absolute Gasteiger partial charge is 0.494 e. The molecule has 0 saturated carbocycles. The minimum Gasteiger partial charge on any atom is -0.494 e. The Labute approximate surface area is 161 Å². The molecule has 0 radical (unpaired) electrons. The van der Waals surface area contributed by atoms with E-state index >= 15 is 0 Å². The van der Waals surface area contributed by atoms with Gasteiger partial charge >= 0.3 is 0 Å². The SMILES string of the molecule is CCOc1ccc(-c2cnc(-c3ccc(OCC)cc3)c3nsnc23)cc1. The second kappa shape index (κ2) is 7.72. The van der Waals surface area contributed by atoms with Gasteiger partial charge in [0.25, 0.3) is 0 Å². The summed E-state index contributed by atoms with van der Waals surface area (Å²) in [5.74, 6) is 1.70. The number of aromatic nitrogens is 3. The smallest absolute Gasteiger partial charge is 0.131 e. The molecule has 4 rings (SSSR count). The highest BCUT2D eigenvalue weighted by Gasteiger charge is 2.15. The lowest BCUT2D eigenvalue weighted by Crippen LogP contribution is -1.93. The van der Waals surface area contributed by atoms with E-state index < -0.39 is 0 Å². The highest BCUT2D eigenvalue weighted by molar-refractivity contribution is 7.00. The summed E-state index contributed by atoms with van der Waals surface area (Å²) in [5.41, 5.74) is 5.52. The summed E-state index contributed by atoms with van der Waals surface area (Å²) in [7, 11) is 0. The Kier molecular flexibility index (Phi) is 4.98. The first kappa shape index (κ1) is 17.4. The summed E-state index contributed by atoms with van der Waals surface area (Å²) >= 11 is 1.20. The number of pyridine rings is 1. The Balaban J connectivity index is 1.74. The van der Waals surface area contributed by atoms with Crippen LogP contribution < -0.4 is 9.47 Å². The number of nitrogens with zero attached hydrogens (tertiary/aromatic N) is 3. The van der Waals surface area contributed by atoms with Gasteiger partial charge in [-0.2, -0.15) is 8.75 Å². The Morgan fingerprint density at radius 1 is 0.741 bits per heavy atom. The van der Waals surface area contributed by atoms with Crippen LogP contribution in [-0.4, -0.2) is 26.9 Å². The van der Waals surface area contributed by atoms with Crippen LogP contribution in [0.2, 0.25) is 0 Å². The fourth-order valence-corrected chi connectivity index (χ4v) is 3.53. The van der Waals surface area contributed by atoms with Crippen LogP contribution in [0.4, 0.5) is 0 Å². The summed E-state index contributed by atoms with van der Waals surface area (Å²) in [6.07, 6.45) is 1.87. The summed E-state index contributed by atoms with van der Waals surface area (Å²) in [4.78, 5) is 4.69. The Morgan fingerprint density at radius 2 is 1.30 bits per heavy atom. The molecule has 6 heteroatoms. The molecule has 0 fully saturated rings. The van der Waals surface area contributed by atoms with Crippen molar-refractivity contribution in [2.75, 3.05) is 13.2 Å². The first-order chi connectivity index (χ1) is 13.3. The molecule has 0 spiro atoms. The van der Waals surface area contributed by atoms with E-state index in [0.717, 1.165) is 44.9 Å². The van der Waals surface area contributed by atoms with Gasteiger partial charge in [-0.1, -0.05) is 12.1 Å². The summed E-state index contributed by atoms with van der Waals surface area (Å²) in [6.45, 7) is 5.24. The number of rotatable bonds is 6. The molecule has 0 unspecified atom stereocenters. The maximum absolute atomic E-state index is 5.52. The van der Waals surface area contributed by atoms with Crippen molar-refractivity contribution in [2.45, 2.75) is 13.8 Å². The fraction of sp³-hybridized carbons (Fsp3) is 0.190. The minimum atomic E-state index is 0.647. The summed E-state index contributed by atoms with van der Waals surface area (Å²) in [5, 5.41) is 0. The lowest BCUT2D eigenvalue weighted by atomic mass is 10.0. The number of benzene rings is 2. The maximum atomic E-state index is 5.52. The molecule has 27 heavy (non-hydrogen) atoms. The van der Waals surface area contributed by atoms with Crippen molar-refractivity contribution in [1.82, 2.24) is 13.7 Å². The molecular weight excluding hydrogens is 358 g/mol. The highest BCUT2D eigenvalue weighted by atomic mass is 32.1. The van der Waals surface area contributed by atoms with E-state index in [-0.39, 0.29) is 0 Å². The average Bonchev–Trinajstić information content (AvgIpc) is 3.19. The molecule has 2 aromatic carbocycles. The molecule has 0 atom stereocenters. The molecule has 136 valence electrons. The second-order valence-corrected chi connectivity index (χ2v) is 6.43. The van der Waals surface area contributed by atoms with Crippen molar-refractivity contribution in [1.29, 1.82) is 0 Å².